The van der Waals surface area contributed by atoms with E-state index >= 15 is 0 Å². The highest BCUT2D eigenvalue weighted by atomic mass is 32.1. The fraction of sp³-hybridized carbons (Fsp3) is 0.286. The third-order valence-electron chi connectivity index (χ3n) is 5.08. The number of amides is 1. The van der Waals surface area contributed by atoms with Crippen LogP contribution in [0.2, 0.25) is 0 Å². The minimum absolute atomic E-state index is 0.0390. The summed E-state index contributed by atoms with van der Waals surface area (Å²) in [5.74, 6) is 0.0390. The smallest absolute Gasteiger partial charge is 0.232 e. The van der Waals surface area contributed by atoms with Crippen molar-refractivity contribution in [2.75, 3.05) is 18.5 Å². The second-order valence-corrected chi connectivity index (χ2v) is 7.69. The van der Waals surface area contributed by atoms with Gasteiger partial charge in [0.1, 0.15) is 0 Å². The molecule has 1 aliphatic rings. The van der Waals surface area contributed by atoms with Crippen molar-refractivity contribution in [2.24, 2.45) is 5.41 Å². The SMILES string of the molecule is O=C(Nc1nccs1)C1(Cc2ccc(-c3cccnc3)cc2)CCOCC1. The lowest BCUT2D eigenvalue weighted by Crippen LogP contribution is -2.42. The lowest BCUT2D eigenvalue weighted by atomic mass is 9.74. The van der Waals surface area contributed by atoms with E-state index in [1.165, 1.54) is 11.3 Å². The van der Waals surface area contributed by atoms with E-state index in [2.05, 4.69) is 39.6 Å². The largest absolute Gasteiger partial charge is 0.381 e. The van der Waals surface area contributed by atoms with Gasteiger partial charge in [-0.05, 0) is 42.0 Å². The monoisotopic (exact) mass is 379 g/mol. The number of benzene rings is 1. The second-order valence-electron chi connectivity index (χ2n) is 6.80. The highest BCUT2D eigenvalue weighted by molar-refractivity contribution is 7.13. The van der Waals surface area contributed by atoms with Gasteiger partial charge in [0, 0.05) is 37.2 Å². The third kappa shape index (κ3) is 4.07. The maximum Gasteiger partial charge on any atom is 0.232 e. The molecule has 4 rings (SSSR count). The summed E-state index contributed by atoms with van der Waals surface area (Å²) in [6.45, 7) is 1.22. The zero-order valence-corrected chi connectivity index (χ0v) is 15.7. The Morgan fingerprint density at radius 2 is 1.93 bits per heavy atom. The molecule has 0 spiro atoms. The lowest BCUT2D eigenvalue weighted by Gasteiger charge is -2.35. The molecule has 0 unspecified atom stereocenters. The van der Waals surface area contributed by atoms with E-state index in [0.29, 0.717) is 37.6 Å². The van der Waals surface area contributed by atoms with Gasteiger partial charge in [0.2, 0.25) is 5.91 Å². The van der Waals surface area contributed by atoms with Gasteiger partial charge < -0.3 is 10.1 Å². The summed E-state index contributed by atoms with van der Waals surface area (Å²) in [5.41, 5.74) is 2.91. The topological polar surface area (TPSA) is 64.1 Å². The Morgan fingerprint density at radius 1 is 1.11 bits per heavy atom. The predicted molar refractivity (Wildman–Crippen MR) is 107 cm³/mol. The number of ether oxygens (including phenoxy) is 1. The van der Waals surface area contributed by atoms with Crippen LogP contribution in [-0.2, 0) is 16.0 Å². The number of pyridine rings is 1. The molecule has 1 aromatic carbocycles. The van der Waals surface area contributed by atoms with Crippen LogP contribution in [0.3, 0.4) is 0 Å². The van der Waals surface area contributed by atoms with E-state index in [1.54, 1.807) is 12.4 Å². The number of hydrogen-bond donors (Lipinski definition) is 1. The molecular formula is C21H21N3O2S. The van der Waals surface area contributed by atoms with Crippen LogP contribution in [0.1, 0.15) is 18.4 Å². The first kappa shape index (κ1) is 17.8. The highest BCUT2D eigenvalue weighted by Crippen LogP contribution is 2.36. The minimum atomic E-state index is -0.459. The van der Waals surface area contributed by atoms with Gasteiger partial charge in [-0.15, -0.1) is 11.3 Å². The lowest BCUT2D eigenvalue weighted by molar-refractivity contribution is -0.131. The Labute approximate surface area is 162 Å². The summed E-state index contributed by atoms with van der Waals surface area (Å²) >= 11 is 1.44. The number of aromatic nitrogens is 2. The van der Waals surface area contributed by atoms with Crippen LogP contribution < -0.4 is 5.32 Å². The molecule has 1 fully saturated rings. The second kappa shape index (κ2) is 7.98. The predicted octanol–water partition coefficient (Wildman–Crippen LogP) is 4.18. The molecule has 0 aliphatic carbocycles. The van der Waals surface area contributed by atoms with Crippen molar-refractivity contribution in [1.29, 1.82) is 0 Å². The molecule has 2 aromatic heterocycles. The van der Waals surface area contributed by atoms with Crippen LogP contribution in [0.4, 0.5) is 5.13 Å². The fourth-order valence-corrected chi connectivity index (χ4v) is 4.02. The zero-order valence-electron chi connectivity index (χ0n) is 14.9. The number of carbonyl (C=O) groups is 1. The molecule has 27 heavy (non-hydrogen) atoms. The van der Waals surface area contributed by atoms with Crippen LogP contribution in [0.25, 0.3) is 11.1 Å². The van der Waals surface area contributed by atoms with E-state index in [-0.39, 0.29) is 5.91 Å². The molecule has 1 aliphatic heterocycles. The van der Waals surface area contributed by atoms with E-state index in [4.69, 9.17) is 4.74 Å². The molecule has 3 aromatic rings. The molecule has 0 saturated carbocycles. The minimum Gasteiger partial charge on any atom is -0.381 e. The van der Waals surface area contributed by atoms with E-state index in [0.717, 1.165) is 16.7 Å². The summed E-state index contributed by atoms with van der Waals surface area (Å²) in [5, 5.41) is 5.51. The maximum atomic E-state index is 13.1. The van der Waals surface area contributed by atoms with Crippen molar-refractivity contribution >= 4 is 22.4 Å². The first-order chi connectivity index (χ1) is 13.3. The number of nitrogens with zero attached hydrogens (tertiary/aromatic N) is 2. The summed E-state index contributed by atoms with van der Waals surface area (Å²) in [4.78, 5) is 21.4. The Kier molecular flexibility index (Phi) is 5.27. The standard InChI is InChI=1S/C21H21N3O2S/c25-19(24-20-23-10-13-27-20)21(7-11-26-12-8-21)14-16-3-5-17(6-4-16)18-2-1-9-22-15-18/h1-6,9-10,13,15H,7-8,11-12,14H2,(H,23,24,25). The third-order valence-corrected chi connectivity index (χ3v) is 5.76. The number of anilines is 1. The zero-order chi connectivity index (χ0) is 18.5. The van der Waals surface area contributed by atoms with Crippen LogP contribution in [0.5, 0.6) is 0 Å². The van der Waals surface area contributed by atoms with E-state index in [9.17, 15) is 4.79 Å². The van der Waals surface area contributed by atoms with Crippen LogP contribution in [0, 0.1) is 5.41 Å². The molecule has 138 valence electrons. The van der Waals surface area contributed by atoms with Gasteiger partial charge in [0.25, 0.3) is 0 Å². The van der Waals surface area contributed by atoms with Gasteiger partial charge >= 0.3 is 0 Å². The van der Waals surface area contributed by atoms with Crippen molar-refractivity contribution in [2.45, 2.75) is 19.3 Å². The molecule has 1 saturated heterocycles. The Morgan fingerprint density at radius 3 is 2.59 bits per heavy atom. The normalized spacial score (nSPS) is 16.0. The molecule has 5 nitrogen and oxygen atoms in total. The molecule has 1 N–H and O–H groups in total. The van der Waals surface area contributed by atoms with Gasteiger partial charge in [0.15, 0.2) is 5.13 Å². The van der Waals surface area contributed by atoms with Gasteiger partial charge in [-0.25, -0.2) is 4.98 Å². The summed E-state index contributed by atoms with van der Waals surface area (Å²) in [6, 6.07) is 12.4. The molecule has 6 heteroatoms. The maximum absolute atomic E-state index is 13.1. The summed E-state index contributed by atoms with van der Waals surface area (Å²) < 4.78 is 5.52. The van der Waals surface area contributed by atoms with Gasteiger partial charge in [-0.3, -0.25) is 9.78 Å². The van der Waals surface area contributed by atoms with Gasteiger partial charge in [-0.2, -0.15) is 0 Å². The molecule has 0 atom stereocenters. The summed E-state index contributed by atoms with van der Waals surface area (Å²) in [6.07, 6.45) is 7.46. The number of hydrogen-bond acceptors (Lipinski definition) is 5. The van der Waals surface area contributed by atoms with Crippen LogP contribution in [0.15, 0.2) is 60.4 Å². The van der Waals surface area contributed by atoms with Crippen molar-refractivity contribution in [3.05, 3.63) is 65.9 Å². The van der Waals surface area contributed by atoms with Crippen LogP contribution >= 0.6 is 11.3 Å². The highest BCUT2D eigenvalue weighted by Gasteiger charge is 2.40. The first-order valence-electron chi connectivity index (χ1n) is 9.03. The molecule has 0 radical (unpaired) electrons. The van der Waals surface area contributed by atoms with Crippen LogP contribution in [-0.4, -0.2) is 29.1 Å². The number of carbonyl (C=O) groups excluding carboxylic acids is 1. The van der Waals surface area contributed by atoms with Gasteiger partial charge in [0.05, 0.1) is 5.41 Å². The molecule has 0 bridgehead atoms. The fourth-order valence-electron chi connectivity index (χ4n) is 3.50. The van der Waals surface area contributed by atoms with E-state index in [1.807, 2.05) is 23.7 Å². The van der Waals surface area contributed by atoms with Crippen molar-refractivity contribution in [1.82, 2.24) is 9.97 Å². The number of rotatable bonds is 5. The Bertz CT molecular complexity index is 874. The number of thiazole rings is 1. The molecule has 1 amide bonds. The molecular weight excluding hydrogens is 358 g/mol. The molecule has 3 heterocycles. The Balaban J connectivity index is 1.54. The van der Waals surface area contributed by atoms with E-state index < -0.39 is 5.41 Å². The summed E-state index contributed by atoms with van der Waals surface area (Å²) in [7, 11) is 0. The number of nitrogens with one attached hydrogen (secondary N) is 1. The van der Waals surface area contributed by atoms with Gasteiger partial charge in [-0.1, -0.05) is 30.3 Å². The Hall–Kier alpha value is -2.57. The quantitative estimate of drug-likeness (QED) is 0.722. The first-order valence-corrected chi connectivity index (χ1v) is 9.91. The average Bonchev–Trinajstić information content (AvgIpc) is 3.23. The average molecular weight is 379 g/mol. The van der Waals surface area contributed by atoms with Crippen molar-refractivity contribution in [3.63, 3.8) is 0 Å². The van der Waals surface area contributed by atoms with Crippen molar-refractivity contribution in [3.8, 4) is 11.1 Å². The van der Waals surface area contributed by atoms with Crippen molar-refractivity contribution < 1.29 is 9.53 Å².